The first kappa shape index (κ1) is 22.7. The average Bonchev–Trinajstić information content (AvgIpc) is 2.62. The van der Waals surface area contributed by atoms with E-state index >= 15 is 0 Å². The molecule has 26 heavy (non-hydrogen) atoms. The monoisotopic (exact) mass is 407 g/mol. The molecule has 1 heterocycles. The van der Waals surface area contributed by atoms with Crippen molar-refractivity contribution in [2.45, 2.75) is 24.7 Å². The minimum atomic E-state index is -3.73. The molecule has 0 spiro atoms. The number of amides is 1. The van der Waals surface area contributed by atoms with Crippen LogP contribution in [0.15, 0.2) is 23.1 Å². The van der Waals surface area contributed by atoms with Gasteiger partial charge in [0.1, 0.15) is 10.6 Å². The summed E-state index contributed by atoms with van der Waals surface area (Å²) in [5.41, 5.74) is 5.81. The minimum absolute atomic E-state index is 0. The van der Waals surface area contributed by atoms with Crippen LogP contribution < -0.4 is 15.8 Å². The van der Waals surface area contributed by atoms with Gasteiger partial charge in [-0.05, 0) is 38.1 Å². The summed E-state index contributed by atoms with van der Waals surface area (Å²) in [5.74, 6) is 0.0679. The molecule has 0 unspecified atom stereocenters. The van der Waals surface area contributed by atoms with Crippen molar-refractivity contribution in [2.24, 2.45) is 5.73 Å². The Hall–Kier alpha value is -1.39. The number of benzene rings is 1. The zero-order valence-electron chi connectivity index (χ0n) is 14.8. The highest BCUT2D eigenvalue weighted by atomic mass is 35.5. The summed E-state index contributed by atoms with van der Waals surface area (Å²) in [6, 6.07) is 4.63. The largest absolute Gasteiger partial charge is 0.492 e. The summed E-state index contributed by atoms with van der Waals surface area (Å²) >= 11 is 0. The lowest BCUT2D eigenvalue weighted by molar-refractivity contribution is -0.116. The first-order valence-electron chi connectivity index (χ1n) is 8.33. The number of nitrogens with one attached hydrogen (secondary N) is 1. The maximum Gasteiger partial charge on any atom is 0.246 e. The molecule has 148 valence electrons. The maximum absolute atomic E-state index is 13.0. The van der Waals surface area contributed by atoms with E-state index in [1.807, 2.05) is 0 Å². The van der Waals surface area contributed by atoms with Crippen LogP contribution in [-0.2, 0) is 19.6 Å². The molecule has 3 N–H and O–H groups in total. The number of hydrogen-bond acceptors (Lipinski definition) is 6. The van der Waals surface area contributed by atoms with Crippen molar-refractivity contribution in [1.29, 1.82) is 0 Å². The van der Waals surface area contributed by atoms with Gasteiger partial charge in [0.05, 0.1) is 19.8 Å². The van der Waals surface area contributed by atoms with Crippen molar-refractivity contribution >= 4 is 34.0 Å². The molecule has 0 aromatic heterocycles. The predicted octanol–water partition coefficient (Wildman–Crippen LogP) is 1.21. The van der Waals surface area contributed by atoms with Gasteiger partial charge in [-0.1, -0.05) is 0 Å². The number of ether oxygens (including phenoxy) is 2. The number of halogens is 1. The van der Waals surface area contributed by atoms with Gasteiger partial charge in [-0.2, -0.15) is 4.31 Å². The Labute approximate surface area is 160 Å². The first-order valence-corrected chi connectivity index (χ1v) is 9.77. The second-order valence-electron chi connectivity index (χ2n) is 5.55. The van der Waals surface area contributed by atoms with Crippen LogP contribution in [0.3, 0.4) is 0 Å². The number of carbonyl (C=O) groups excluding carboxylic acids is 1. The van der Waals surface area contributed by atoms with Gasteiger partial charge in [-0.15, -0.1) is 12.4 Å². The molecule has 2 rings (SSSR count). The molecule has 1 saturated heterocycles. The standard InChI is InChI=1S/C16H25N3O5S.ClH/c1-2-24-14-6-5-13(18-16(20)4-3-7-17)12-15(14)25(21,22)19-8-10-23-11-9-19;/h5-6,12H,2-4,7-11,17H2,1H3,(H,18,20);1H. The van der Waals surface area contributed by atoms with Gasteiger partial charge in [0.15, 0.2) is 0 Å². The van der Waals surface area contributed by atoms with Crippen LogP contribution in [0.25, 0.3) is 0 Å². The highest BCUT2D eigenvalue weighted by Gasteiger charge is 2.29. The minimum Gasteiger partial charge on any atom is -0.492 e. The molecular weight excluding hydrogens is 382 g/mol. The number of nitrogens with two attached hydrogens (primary N) is 1. The van der Waals surface area contributed by atoms with Gasteiger partial charge in [-0.3, -0.25) is 4.79 Å². The van der Waals surface area contributed by atoms with Gasteiger partial charge in [0, 0.05) is 25.2 Å². The van der Waals surface area contributed by atoms with E-state index in [0.717, 1.165) is 0 Å². The second kappa shape index (κ2) is 10.7. The van der Waals surface area contributed by atoms with E-state index in [4.69, 9.17) is 15.2 Å². The Morgan fingerprint density at radius 2 is 2.04 bits per heavy atom. The molecule has 0 radical (unpaired) electrons. The molecule has 0 bridgehead atoms. The fraction of sp³-hybridized carbons (Fsp3) is 0.562. The third-order valence-electron chi connectivity index (χ3n) is 3.72. The molecule has 1 amide bonds. The summed E-state index contributed by atoms with van der Waals surface area (Å²) in [6.07, 6.45) is 0.858. The smallest absolute Gasteiger partial charge is 0.246 e. The van der Waals surface area contributed by atoms with E-state index in [1.165, 1.54) is 10.4 Å². The van der Waals surface area contributed by atoms with Crippen LogP contribution in [0.2, 0.25) is 0 Å². The van der Waals surface area contributed by atoms with Gasteiger partial charge < -0.3 is 20.5 Å². The fourth-order valence-corrected chi connectivity index (χ4v) is 4.04. The molecule has 0 atom stereocenters. The van der Waals surface area contributed by atoms with Crippen LogP contribution >= 0.6 is 12.4 Å². The normalized spacial score (nSPS) is 15.2. The number of nitrogens with zero attached hydrogens (tertiary/aromatic N) is 1. The van der Waals surface area contributed by atoms with Crippen molar-refractivity contribution in [1.82, 2.24) is 4.31 Å². The van der Waals surface area contributed by atoms with Crippen LogP contribution in [0.1, 0.15) is 19.8 Å². The third-order valence-corrected chi connectivity index (χ3v) is 5.64. The number of anilines is 1. The van der Waals surface area contributed by atoms with E-state index in [2.05, 4.69) is 5.32 Å². The molecule has 1 aliphatic heterocycles. The summed E-state index contributed by atoms with van der Waals surface area (Å²) in [4.78, 5) is 11.9. The van der Waals surface area contributed by atoms with Gasteiger partial charge in [0.2, 0.25) is 15.9 Å². The Morgan fingerprint density at radius 1 is 1.35 bits per heavy atom. The third kappa shape index (κ3) is 5.82. The summed E-state index contributed by atoms with van der Waals surface area (Å²) < 4.78 is 38.0. The number of carbonyl (C=O) groups is 1. The molecule has 1 aromatic carbocycles. The predicted molar refractivity (Wildman–Crippen MR) is 101 cm³/mol. The molecule has 1 aliphatic rings. The van der Waals surface area contributed by atoms with Crippen LogP contribution in [0.4, 0.5) is 5.69 Å². The Kier molecular flexibility index (Phi) is 9.31. The van der Waals surface area contributed by atoms with Crippen molar-refractivity contribution in [3.05, 3.63) is 18.2 Å². The second-order valence-corrected chi connectivity index (χ2v) is 7.46. The zero-order valence-corrected chi connectivity index (χ0v) is 16.4. The Morgan fingerprint density at radius 3 is 2.65 bits per heavy atom. The van der Waals surface area contributed by atoms with Gasteiger partial charge in [0.25, 0.3) is 0 Å². The topological polar surface area (TPSA) is 111 Å². The molecule has 1 aromatic rings. The fourth-order valence-electron chi connectivity index (χ4n) is 2.47. The van der Waals surface area contributed by atoms with Crippen molar-refractivity contribution < 1.29 is 22.7 Å². The molecular formula is C16H26ClN3O5S. The number of morpholine rings is 1. The van der Waals surface area contributed by atoms with E-state index in [-0.39, 0.29) is 35.4 Å². The Bertz CT molecular complexity index is 693. The van der Waals surface area contributed by atoms with Gasteiger partial charge in [-0.25, -0.2) is 8.42 Å². The SMILES string of the molecule is CCOc1ccc(NC(=O)CCCN)cc1S(=O)(=O)N1CCOCC1.Cl. The summed E-state index contributed by atoms with van der Waals surface area (Å²) in [6.45, 7) is 3.86. The number of sulfonamides is 1. The summed E-state index contributed by atoms with van der Waals surface area (Å²) in [7, 11) is -3.73. The molecule has 0 aliphatic carbocycles. The highest BCUT2D eigenvalue weighted by Crippen LogP contribution is 2.30. The molecule has 1 fully saturated rings. The van der Waals surface area contributed by atoms with Crippen LogP contribution in [0.5, 0.6) is 5.75 Å². The van der Waals surface area contributed by atoms with E-state index < -0.39 is 10.0 Å². The lowest BCUT2D eigenvalue weighted by atomic mass is 10.2. The van der Waals surface area contributed by atoms with E-state index in [1.54, 1.807) is 19.1 Å². The molecule has 8 nitrogen and oxygen atoms in total. The average molecular weight is 408 g/mol. The highest BCUT2D eigenvalue weighted by molar-refractivity contribution is 7.89. The lowest BCUT2D eigenvalue weighted by Gasteiger charge is -2.27. The van der Waals surface area contributed by atoms with Crippen LogP contribution in [0, 0.1) is 0 Å². The quantitative estimate of drug-likeness (QED) is 0.669. The van der Waals surface area contributed by atoms with Crippen LogP contribution in [-0.4, -0.2) is 58.1 Å². The first-order chi connectivity index (χ1) is 12.0. The summed E-state index contributed by atoms with van der Waals surface area (Å²) in [5, 5.41) is 2.70. The number of hydrogen-bond donors (Lipinski definition) is 2. The van der Waals surface area contributed by atoms with Crippen molar-refractivity contribution in [3.63, 3.8) is 0 Å². The van der Waals surface area contributed by atoms with E-state index in [0.29, 0.717) is 51.6 Å². The molecule has 0 saturated carbocycles. The maximum atomic E-state index is 13.0. The van der Waals surface area contributed by atoms with Gasteiger partial charge >= 0.3 is 0 Å². The molecule has 10 heteroatoms. The lowest BCUT2D eigenvalue weighted by Crippen LogP contribution is -2.40. The Balaban J connectivity index is 0.00000338. The number of rotatable bonds is 8. The van der Waals surface area contributed by atoms with Crippen molar-refractivity contribution in [3.8, 4) is 5.75 Å². The van der Waals surface area contributed by atoms with E-state index in [9.17, 15) is 13.2 Å². The zero-order chi connectivity index (χ0) is 18.3. The van der Waals surface area contributed by atoms with Crippen molar-refractivity contribution in [2.75, 3.05) is 44.8 Å².